The van der Waals surface area contributed by atoms with E-state index in [1.165, 1.54) is 52.0 Å². The van der Waals surface area contributed by atoms with Crippen molar-refractivity contribution in [3.63, 3.8) is 0 Å². The Bertz CT molecular complexity index is 224. The number of hydrogen-bond acceptors (Lipinski definition) is 3. The third-order valence-electron chi connectivity index (χ3n) is 4.61. The molecule has 0 amide bonds. The number of hydrogen-bond donors (Lipinski definition) is 1. The molecule has 100 valence electrons. The van der Waals surface area contributed by atoms with Gasteiger partial charge in [0.2, 0.25) is 0 Å². The van der Waals surface area contributed by atoms with Crippen LogP contribution in [0.15, 0.2) is 0 Å². The van der Waals surface area contributed by atoms with E-state index in [2.05, 4.69) is 36.1 Å². The first-order valence-electron chi connectivity index (χ1n) is 7.25. The Labute approximate surface area is 107 Å². The molecule has 3 heteroatoms. The second-order valence-corrected chi connectivity index (χ2v) is 6.29. The minimum atomic E-state index is 0.728. The highest BCUT2D eigenvalue weighted by atomic mass is 15.1. The van der Waals surface area contributed by atoms with Crippen molar-refractivity contribution in [1.82, 2.24) is 15.1 Å². The molecule has 0 spiro atoms. The Kier molecular flexibility index (Phi) is 4.83. The lowest BCUT2D eigenvalue weighted by atomic mass is 9.96. The van der Waals surface area contributed by atoms with Crippen LogP contribution in [-0.4, -0.2) is 62.7 Å². The van der Waals surface area contributed by atoms with E-state index < -0.39 is 0 Å². The summed E-state index contributed by atoms with van der Waals surface area (Å²) in [6.45, 7) is 8.70. The van der Waals surface area contributed by atoms with Crippen molar-refractivity contribution >= 4 is 0 Å². The molecule has 2 saturated heterocycles. The van der Waals surface area contributed by atoms with Gasteiger partial charge in [-0.15, -0.1) is 0 Å². The summed E-state index contributed by atoms with van der Waals surface area (Å²) in [5.74, 6) is 1.78. The average molecular weight is 239 g/mol. The van der Waals surface area contributed by atoms with Crippen LogP contribution in [0.25, 0.3) is 0 Å². The van der Waals surface area contributed by atoms with E-state index >= 15 is 0 Å². The fourth-order valence-corrected chi connectivity index (χ4v) is 3.24. The Morgan fingerprint density at radius 2 is 1.88 bits per heavy atom. The molecule has 1 N–H and O–H groups in total. The second-order valence-electron chi connectivity index (χ2n) is 6.29. The van der Waals surface area contributed by atoms with Gasteiger partial charge in [-0.25, -0.2) is 0 Å². The molecule has 2 unspecified atom stereocenters. The zero-order chi connectivity index (χ0) is 12.3. The van der Waals surface area contributed by atoms with E-state index in [0.29, 0.717) is 0 Å². The highest BCUT2D eigenvalue weighted by molar-refractivity contribution is 4.83. The van der Waals surface area contributed by atoms with Gasteiger partial charge in [0.25, 0.3) is 0 Å². The monoisotopic (exact) mass is 239 g/mol. The minimum Gasteiger partial charge on any atom is -0.312 e. The van der Waals surface area contributed by atoms with Crippen LogP contribution in [-0.2, 0) is 0 Å². The van der Waals surface area contributed by atoms with Crippen LogP contribution in [0.4, 0.5) is 0 Å². The lowest BCUT2D eigenvalue weighted by Gasteiger charge is -2.33. The van der Waals surface area contributed by atoms with E-state index in [-0.39, 0.29) is 0 Å². The van der Waals surface area contributed by atoms with Crippen molar-refractivity contribution < 1.29 is 0 Å². The third-order valence-corrected chi connectivity index (χ3v) is 4.61. The maximum Gasteiger partial charge on any atom is 0.0220 e. The van der Waals surface area contributed by atoms with Crippen LogP contribution in [0, 0.1) is 11.8 Å². The predicted molar refractivity (Wildman–Crippen MR) is 73.3 cm³/mol. The van der Waals surface area contributed by atoms with Crippen molar-refractivity contribution in [2.45, 2.75) is 32.2 Å². The summed E-state index contributed by atoms with van der Waals surface area (Å²) in [6.07, 6.45) is 4.12. The van der Waals surface area contributed by atoms with Crippen molar-refractivity contribution in [1.29, 1.82) is 0 Å². The highest BCUT2D eigenvalue weighted by Crippen LogP contribution is 2.19. The molecule has 2 atom stereocenters. The molecule has 0 radical (unpaired) electrons. The fourth-order valence-electron chi connectivity index (χ4n) is 3.24. The first-order valence-corrected chi connectivity index (χ1v) is 7.25. The molecule has 17 heavy (non-hydrogen) atoms. The zero-order valence-electron chi connectivity index (χ0n) is 11.8. The highest BCUT2D eigenvalue weighted by Gasteiger charge is 2.25. The van der Waals surface area contributed by atoms with Gasteiger partial charge in [0.1, 0.15) is 0 Å². The molecule has 0 saturated carbocycles. The SMILES string of the molecule is CC1CCNC1CN(C)CC1CCN(C)CC1. The number of nitrogens with zero attached hydrogens (tertiary/aromatic N) is 2. The minimum absolute atomic E-state index is 0.728. The molecule has 2 heterocycles. The molecule has 2 rings (SSSR count). The summed E-state index contributed by atoms with van der Waals surface area (Å²) in [6, 6.07) is 0.728. The zero-order valence-corrected chi connectivity index (χ0v) is 11.8. The van der Waals surface area contributed by atoms with Crippen molar-refractivity contribution in [2.24, 2.45) is 11.8 Å². The summed E-state index contributed by atoms with van der Waals surface area (Å²) in [4.78, 5) is 5.01. The number of nitrogens with one attached hydrogen (secondary N) is 1. The van der Waals surface area contributed by atoms with E-state index in [1.807, 2.05) is 0 Å². The van der Waals surface area contributed by atoms with Crippen LogP contribution >= 0.6 is 0 Å². The summed E-state index contributed by atoms with van der Waals surface area (Å²) in [5, 5.41) is 3.63. The maximum atomic E-state index is 3.63. The molecule has 3 nitrogen and oxygen atoms in total. The van der Waals surface area contributed by atoms with Gasteiger partial charge in [-0.1, -0.05) is 6.92 Å². The molecule has 0 aromatic rings. The van der Waals surface area contributed by atoms with Gasteiger partial charge in [0.05, 0.1) is 0 Å². The Balaban J connectivity index is 1.68. The Morgan fingerprint density at radius 1 is 1.18 bits per heavy atom. The number of likely N-dealkylation sites (N-methyl/N-ethyl adjacent to an activating group) is 1. The van der Waals surface area contributed by atoms with Gasteiger partial charge >= 0.3 is 0 Å². The normalized spacial score (nSPS) is 32.5. The Hall–Kier alpha value is -0.120. The summed E-state index contributed by atoms with van der Waals surface area (Å²) < 4.78 is 0. The number of likely N-dealkylation sites (tertiary alicyclic amines) is 1. The first kappa shape index (κ1) is 13.3. The smallest absolute Gasteiger partial charge is 0.0220 e. The van der Waals surface area contributed by atoms with Gasteiger partial charge in [-0.3, -0.25) is 0 Å². The van der Waals surface area contributed by atoms with Crippen LogP contribution in [0.5, 0.6) is 0 Å². The summed E-state index contributed by atoms with van der Waals surface area (Å²) in [7, 11) is 4.54. The summed E-state index contributed by atoms with van der Waals surface area (Å²) in [5.41, 5.74) is 0. The van der Waals surface area contributed by atoms with Gasteiger partial charge in [0.15, 0.2) is 0 Å². The van der Waals surface area contributed by atoms with Crippen LogP contribution in [0.3, 0.4) is 0 Å². The quantitative estimate of drug-likeness (QED) is 0.797. The summed E-state index contributed by atoms with van der Waals surface area (Å²) >= 11 is 0. The molecular formula is C14H29N3. The molecule has 0 aromatic heterocycles. The first-order chi connectivity index (χ1) is 8.15. The van der Waals surface area contributed by atoms with E-state index in [9.17, 15) is 0 Å². The predicted octanol–water partition coefficient (Wildman–Crippen LogP) is 1.26. The molecule has 2 aliphatic heterocycles. The maximum absolute atomic E-state index is 3.63. The lowest BCUT2D eigenvalue weighted by Crippen LogP contribution is -2.42. The number of piperidine rings is 1. The van der Waals surface area contributed by atoms with E-state index in [1.54, 1.807) is 0 Å². The van der Waals surface area contributed by atoms with Crippen molar-refractivity contribution in [2.75, 3.05) is 46.8 Å². The average Bonchev–Trinajstić information content (AvgIpc) is 2.68. The van der Waals surface area contributed by atoms with Crippen molar-refractivity contribution in [3.05, 3.63) is 0 Å². The second kappa shape index (κ2) is 6.17. The molecule has 0 aliphatic carbocycles. The lowest BCUT2D eigenvalue weighted by molar-refractivity contribution is 0.167. The van der Waals surface area contributed by atoms with Gasteiger partial charge in [-0.2, -0.15) is 0 Å². The van der Waals surface area contributed by atoms with Crippen LogP contribution in [0.1, 0.15) is 26.2 Å². The van der Waals surface area contributed by atoms with Gasteiger partial charge in [0, 0.05) is 19.1 Å². The largest absolute Gasteiger partial charge is 0.312 e. The molecular weight excluding hydrogens is 210 g/mol. The van der Waals surface area contributed by atoms with E-state index in [0.717, 1.165) is 17.9 Å². The fraction of sp³-hybridized carbons (Fsp3) is 1.00. The van der Waals surface area contributed by atoms with Gasteiger partial charge in [-0.05, 0) is 64.8 Å². The third kappa shape index (κ3) is 3.94. The van der Waals surface area contributed by atoms with Gasteiger partial charge < -0.3 is 15.1 Å². The topological polar surface area (TPSA) is 18.5 Å². The Morgan fingerprint density at radius 3 is 2.47 bits per heavy atom. The van der Waals surface area contributed by atoms with E-state index in [4.69, 9.17) is 0 Å². The molecule has 0 bridgehead atoms. The van der Waals surface area contributed by atoms with Crippen LogP contribution in [0.2, 0.25) is 0 Å². The molecule has 2 fully saturated rings. The molecule has 2 aliphatic rings. The molecule has 0 aromatic carbocycles. The number of rotatable bonds is 4. The van der Waals surface area contributed by atoms with Crippen LogP contribution < -0.4 is 5.32 Å². The standard InChI is InChI=1S/C14H29N3/c1-12-4-7-15-14(12)11-17(3)10-13-5-8-16(2)9-6-13/h12-15H,4-11H2,1-3H3. The van der Waals surface area contributed by atoms with Crippen molar-refractivity contribution in [3.8, 4) is 0 Å².